The molecule has 4 heterocycles. The van der Waals surface area contributed by atoms with Crippen LogP contribution in [0, 0.1) is 0 Å². The Morgan fingerprint density at radius 1 is 1.42 bits per heavy atom. The van der Waals surface area contributed by atoms with E-state index in [4.69, 9.17) is 4.42 Å². The second-order valence-electron chi connectivity index (χ2n) is 5.81. The van der Waals surface area contributed by atoms with Crippen molar-refractivity contribution in [1.82, 2.24) is 15.3 Å². The quantitative estimate of drug-likeness (QED) is 0.772. The molecule has 1 saturated heterocycles. The molecule has 1 atom stereocenters. The van der Waals surface area contributed by atoms with Gasteiger partial charge in [-0.15, -0.1) is 11.3 Å². The lowest BCUT2D eigenvalue weighted by molar-refractivity contribution is -0.122. The number of furan rings is 1. The van der Waals surface area contributed by atoms with E-state index in [9.17, 15) is 4.79 Å². The predicted molar refractivity (Wildman–Crippen MR) is 93.2 cm³/mol. The second kappa shape index (κ2) is 6.60. The van der Waals surface area contributed by atoms with Gasteiger partial charge in [-0.05, 0) is 36.4 Å². The van der Waals surface area contributed by atoms with Crippen molar-refractivity contribution in [2.45, 2.75) is 25.3 Å². The maximum atomic E-state index is 12.6. The van der Waals surface area contributed by atoms with Gasteiger partial charge in [-0.25, -0.2) is 9.97 Å². The van der Waals surface area contributed by atoms with E-state index < -0.39 is 0 Å². The molecule has 1 aliphatic rings. The highest BCUT2D eigenvalue weighted by atomic mass is 32.1. The first-order valence-corrected chi connectivity index (χ1v) is 8.96. The average Bonchev–Trinajstić information content (AvgIpc) is 3.34. The molecule has 0 bridgehead atoms. The Morgan fingerprint density at radius 3 is 3.25 bits per heavy atom. The molecule has 24 heavy (non-hydrogen) atoms. The zero-order valence-corrected chi connectivity index (χ0v) is 14.0. The second-order valence-corrected chi connectivity index (χ2v) is 6.70. The van der Waals surface area contributed by atoms with E-state index >= 15 is 0 Å². The highest BCUT2D eigenvalue weighted by Gasteiger charge is 2.32. The fourth-order valence-electron chi connectivity index (χ4n) is 3.18. The van der Waals surface area contributed by atoms with Gasteiger partial charge in [0.15, 0.2) is 0 Å². The first-order chi connectivity index (χ1) is 11.8. The van der Waals surface area contributed by atoms with Crippen molar-refractivity contribution in [2.75, 3.05) is 18.0 Å². The summed E-state index contributed by atoms with van der Waals surface area (Å²) in [7, 11) is 0. The Balaban J connectivity index is 1.46. The minimum Gasteiger partial charge on any atom is -0.469 e. The average molecular weight is 342 g/mol. The standard InChI is InChI=1S/C17H18N4O2S/c22-16(18-7-5-12-3-2-9-23-12)14-4-1-8-21(14)15-13-6-10-24-17(13)20-11-19-15/h2-3,6,9-11,14H,1,4-5,7-8H2,(H,18,22). The summed E-state index contributed by atoms with van der Waals surface area (Å²) in [4.78, 5) is 24.4. The van der Waals surface area contributed by atoms with Crippen LogP contribution in [0.2, 0.25) is 0 Å². The molecular formula is C17H18N4O2S. The molecule has 6 nitrogen and oxygen atoms in total. The van der Waals surface area contributed by atoms with Crippen molar-refractivity contribution in [3.05, 3.63) is 41.9 Å². The van der Waals surface area contributed by atoms with E-state index in [-0.39, 0.29) is 11.9 Å². The highest BCUT2D eigenvalue weighted by Crippen LogP contribution is 2.31. The molecule has 0 radical (unpaired) electrons. The van der Waals surface area contributed by atoms with E-state index in [1.54, 1.807) is 23.9 Å². The molecule has 1 aliphatic heterocycles. The summed E-state index contributed by atoms with van der Waals surface area (Å²) < 4.78 is 5.29. The topological polar surface area (TPSA) is 71.3 Å². The van der Waals surface area contributed by atoms with Crippen LogP contribution >= 0.6 is 11.3 Å². The van der Waals surface area contributed by atoms with Crippen LogP contribution in [-0.4, -0.2) is 35.0 Å². The summed E-state index contributed by atoms with van der Waals surface area (Å²) in [5.74, 6) is 1.81. The minimum atomic E-state index is -0.167. The molecule has 1 N–H and O–H groups in total. The normalized spacial score (nSPS) is 17.5. The summed E-state index contributed by atoms with van der Waals surface area (Å²) in [5, 5.41) is 6.06. The first kappa shape index (κ1) is 15.1. The van der Waals surface area contributed by atoms with Crippen molar-refractivity contribution in [3.8, 4) is 0 Å². The van der Waals surface area contributed by atoms with E-state index in [0.717, 1.165) is 41.2 Å². The summed E-state index contributed by atoms with van der Waals surface area (Å²) in [5.41, 5.74) is 0. The van der Waals surface area contributed by atoms with Crippen LogP contribution in [0.3, 0.4) is 0 Å². The Morgan fingerprint density at radius 2 is 2.38 bits per heavy atom. The van der Waals surface area contributed by atoms with Crippen LogP contribution in [0.4, 0.5) is 5.82 Å². The van der Waals surface area contributed by atoms with Crippen LogP contribution in [0.5, 0.6) is 0 Å². The van der Waals surface area contributed by atoms with Crippen LogP contribution < -0.4 is 10.2 Å². The number of carbonyl (C=O) groups is 1. The zero-order valence-electron chi connectivity index (χ0n) is 13.1. The molecule has 3 aromatic rings. The number of hydrogen-bond donors (Lipinski definition) is 1. The van der Waals surface area contributed by atoms with Crippen LogP contribution in [0.25, 0.3) is 10.2 Å². The van der Waals surface area contributed by atoms with E-state index in [0.29, 0.717) is 13.0 Å². The Labute approximate surface area is 143 Å². The summed E-state index contributed by atoms with van der Waals surface area (Å²) in [6.45, 7) is 1.42. The van der Waals surface area contributed by atoms with Gasteiger partial charge in [0, 0.05) is 19.5 Å². The number of anilines is 1. The molecule has 124 valence electrons. The fraction of sp³-hybridized carbons (Fsp3) is 0.353. The van der Waals surface area contributed by atoms with Crippen molar-refractivity contribution >= 4 is 33.3 Å². The SMILES string of the molecule is O=C(NCCc1ccco1)C1CCCN1c1ncnc2sccc12. The van der Waals surface area contributed by atoms with Gasteiger partial charge in [-0.3, -0.25) is 4.79 Å². The lowest BCUT2D eigenvalue weighted by Crippen LogP contribution is -2.44. The van der Waals surface area contributed by atoms with Crippen LogP contribution in [0.15, 0.2) is 40.6 Å². The maximum Gasteiger partial charge on any atom is 0.242 e. The summed E-state index contributed by atoms with van der Waals surface area (Å²) >= 11 is 1.59. The molecular weight excluding hydrogens is 324 g/mol. The number of thiophene rings is 1. The number of aromatic nitrogens is 2. The van der Waals surface area contributed by atoms with Gasteiger partial charge < -0.3 is 14.6 Å². The minimum absolute atomic E-state index is 0.0565. The summed E-state index contributed by atoms with van der Waals surface area (Å²) in [6.07, 6.45) is 5.78. The predicted octanol–water partition coefficient (Wildman–Crippen LogP) is 2.61. The highest BCUT2D eigenvalue weighted by molar-refractivity contribution is 7.16. The van der Waals surface area contributed by atoms with Crippen LogP contribution in [0.1, 0.15) is 18.6 Å². The number of rotatable bonds is 5. The van der Waals surface area contributed by atoms with Crippen molar-refractivity contribution < 1.29 is 9.21 Å². The Hall–Kier alpha value is -2.41. The molecule has 0 aliphatic carbocycles. The van der Waals surface area contributed by atoms with Crippen molar-refractivity contribution in [1.29, 1.82) is 0 Å². The molecule has 0 saturated carbocycles. The van der Waals surface area contributed by atoms with Gasteiger partial charge in [-0.1, -0.05) is 0 Å². The van der Waals surface area contributed by atoms with Gasteiger partial charge in [-0.2, -0.15) is 0 Å². The zero-order chi connectivity index (χ0) is 16.4. The van der Waals surface area contributed by atoms with Crippen LogP contribution in [-0.2, 0) is 11.2 Å². The number of nitrogens with one attached hydrogen (secondary N) is 1. The lowest BCUT2D eigenvalue weighted by atomic mass is 10.2. The van der Waals surface area contributed by atoms with E-state index in [1.165, 1.54) is 0 Å². The number of hydrogen-bond acceptors (Lipinski definition) is 6. The van der Waals surface area contributed by atoms with Gasteiger partial charge in [0.1, 0.15) is 28.8 Å². The first-order valence-electron chi connectivity index (χ1n) is 8.08. The smallest absolute Gasteiger partial charge is 0.242 e. The lowest BCUT2D eigenvalue weighted by Gasteiger charge is -2.25. The summed E-state index contributed by atoms with van der Waals surface area (Å²) in [6, 6.07) is 5.64. The van der Waals surface area contributed by atoms with E-state index in [1.807, 2.05) is 23.6 Å². The third-order valence-electron chi connectivity index (χ3n) is 4.32. The van der Waals surface area contributed by atoms with Gasteiger partial charge >= 0.3 is 0 Å². The molecule has 1 unspecified atom stereocenters. The largest absolute Gasteiger partial charge is 0.469 e. The third-order valence-corrected chi connectivity index (χ3v) is 5.14. The fourth-order valence-corrected chi connectivity index (χ4v) is 3.91. The number of nitrogens with zero attached hydrogens (tertiary/aromatic N) is 3. The number of amides is 1. The van der Waals surface area contributed by atoms with Gasteiger partial charge in [0.05, 0.1) is 11.6 Å². The third kappa shape index (κ3) is 2.87. The Kier molecular flexibility index (Phi) is 4.17. The van der Waals surface area contributed by atoms with Crippen molar-refractivity contribution in [3.63, 3.8) is 0 Å². The molecule has 0 spiro atoms. The molecule has 4 rings (SSSR count). The molecule has 1 fully saturated rings. The molecule has 0 aromatic carbocycles. The number of carbonyl (C=O) groups excluding carboxylic acids is 1. The molecule has 1 amide bonds. The Bertz CT molecular complexity index is 830. The number of fused-ring (bicyclic) bond motifs is 1. The van der Waals surface area contributed by atoms with E-state index in [2.05, 4.69) is 20.2 Å². The van der Waals surface area contributed by atoms with Gasteiger partial charge in [0.2, 0.25) is 5.91 Å². The maximum absolute atomic E-state index is 12.6. The van der Waals surface area contributed by atoms with Crippen molar-refractivity contribution in [2.24, 2.45) is 0 Å². The monoisotopic (exact) mass is 342 g/mol. The molecule has 7 heteroatoms. The molecule has 3 aromatic heterocycles. The van der Waals surface area contributed by atoms with Gasteiger partial charge in [0.25, 0.3) is 0 Å².